The summed E-state index contributed by atoms with van der Waals surface area (Å²) in [4.78, 5) is 23.9. The fourth-order valence-corrected chi connectivity index (χ4v) is 2.59. The van der Waals surface area contributed by atoms with E-state index < -0.39 is 23.4 Å². The maximum Gasteiger partial charge on any atom is 0.322 e. The molecule has 2 heterocycles. The van der Waals surface area contributed by atoms with Gasteiger partial charge in [0.25, 0.3) is 0 Å². The lowest BCUT2D eigenvalue weighted by Gasteiger charge is -2.18. The summed E-state index contributed by atoms with van der Waals surface area (Å²) in [6.07, 6.45) is 3.44. The molecule has 1 N–H and O–H groups in total. The Bertz CT molecular complexity index is 782. The molecule has 2 amide bonds. The van der Waals surface area contributed by atoms with E-state index in [-0.39, 0.29) is 12.6 Å². The number of carbonyl (C=O) groups excluding carboxylic acids is 1. The SMILES string of the molecule is CN(C)c1cncc(OC2CCN(C(=O)Nc3c(F)cccc3F)C2)n1. The molecule has 1 atom stereocenters. The molecule has 7 nitrogen and oxygen atoms in total. The molecule has 0 spiro atoms. The molecule has 0 bridgehead atoms. The van der Waals surface area contributed by atoms with E-state index in [4.69, 9.17) is 4.74 Å². The second kappa shape index (κ2) is 7.51. The number of nitrogens with one attached hydrogen (secondary N) is 1. The predicted molar refractivity (Wildman–Crippen MR) is 92.3 cm³/mol. The minimum absolute atomic E-state index is 0.266. The number of aromatic nitrogens is 2. The highest BCUT2D eigenvalue weighted by Gasteiger charge is 2.29. The molecule has 1 aliphatic rings. The van der Waals surface area contributed by atoms with Gasteiger partial charge in [0.2, 0.25) is 5.88 Å². The molecular formula is C17H19F2N5O2. The van der Waals surface area contributed by atoms with Crippen LogP contribution in [0.3, 0.4) is 0 Å². The maximum atomic E-state index is 13.6. The highest BCUT2D eigenvalue weighted by atomic mass is 19.1. The van der Waals surface area contributed by atoms with Gasteiger partial charge >= 0.3 is 6.03 Å². The van der Waals surface area contributed by atoms with Crippen LogP contribution in [0, 0.1) is 11.6 Å². The van der Waals surface area contributed by atoms with E-state index in [2.05, 4.69) is 15.3 Å². The first-order chi connectivity index (χ1) is 12.4. The molecule has 1 aromatic heterocycles. The first kappa shape index (κ1) is 17.8. The summed E-state index contributed by atoms with van der Waals surface area (Å²) in [7, 11) is 3.69. The molecule has 1 aliphatic heterocycles. The van der Waals surface area contributed by atoms with E-state index in [0.717, 1.165) is 12.1 Å². The topological polar surface area (TPSA) is 70.6 Å². The van der Waals surface area contributed by atoms with Crippen molar-refractivity contribution in [3.8, 4) is 5.88 Å². The number of benzene rings is 1. The predicted octanol–water partition coefficient (Wildman–Crippen LogP) is 2.51. The van der Waals surface area contributed by atoms with Crippen molar-refractivity contribution < 1.29 is 18.3 Å². The van der Waals surface area contributed by atoms with Gasteiger partial charge in [-0.15, -0.1) is 0 Å². The van der Waals surface area contributed by atoms with E-state index in [1.54, 1.807) is 11.1 Å². The number of para-hydroxylation sites is 1. The number of ether oxygens (including phenoxy) is 1. The Hall–Kier alpha value is -2.97. The highest BCUT2D eigenvalue weighted by molar-refractivity contribution is 5.89. The Labute approximate surface area is 149 Å². The molecule has 2 aromatic rings. The van der Waals surface area contributed by atoms with Gasteiger partial charge in [-0.2, -0.15) is 4.98 Å². The van der Waals surface area contributed by atoms with E-state index in [1.165, 1.54) is 17.2 Å². The third-order valence-corrected chi connectivity index (χ3v) is 3.97. The minimum Gasteiger partial charge on any atom is -0.471 e. The van der Waals surface area contributed by atoms with Crippen molar-refractivity contribution in [3.05, 3.63) is 42.2 Å². The highest BCUT2D eigenvalue weighted by Crippen LogP contribution is 2.21. The van der Waals surface area contributed by atoms with Crippen LogP contribution in [0.2, 0.25) is 0 Å². The Kier molecular flexibility index (Phi) is 5.15. The van der Waals surface area contributed by atoms with Crippen molar-refractivity contribution in [1.82, 2.24) is 14.9 Å². The van der Waals surface area contributed by atoms with Gasteiger partial charge in [-0.1, -0.05) is 6.07 Å². The summed E-state index contributed by atoms with van der Waals surface area (Å²) in [6, 6.07) is 2.84. The van der Waals surface area contributed by atoms with E-state index >= 15 is 0 Å². The Morgan fingerprint density at radius 1 is 1.31 bits per heavy atom. The number of anilines is 2. The van der Waals surface area contributed by atoms with Gasteiger partial charge in [-0.25, -0.2) is 13.6 Å². The zero-order valence-corrected chi connectivity index (χ0v) is 14.4. The van der Waals surface area contributed by atoms with E-state index in [9.17, 15) is 13.6 Å². The van der Waals surface area contributed by atoms with Crippen molar-refractivity contribution in [2.45, 2.75) is 12.5 Å². The van der Waals surface area contributed by atoms with Gasteiger partial charge in [-0.3, -0.25) is 4.98 Å². The molecule has 1 saturated heterocycles. The number of carbonyl (C=O) groups is 1. The lowest BCUT2D eigenvalue weighted by atomic mass is 10.3. The minimum atomic E-state index is -0.818. The second-order valence-electron chi connectivity index (χ2n) is 6.11. The van der Waals surface area contributed by atoms with Gasteiger partial charge in [-0.05, 0) is 12.1 Å². The summed E-state index contributed by atoms with van der Waals surface area (Å²) in [5.41, 5.74) is -0.452. The number of likely N-dealkylation sites (tertiary alicyclic amines) is 1. The van der Waals surface area contributed by atoms with Crippen LogP contribution in [-0.4, -0.2) is 54.2 Å². The van der Waals surface area contributed by atoms with Crippen LogP contribution in [0.15, 0.2) is 30.6 Å². The van der Waals surface area contributed by atoms with Crippen LogP contribution in [-0.2, 0) is 0 Å². The molecule has 0 aliphatic carbocycles. The Morgan fingerprint density at radius 3 is 2.73 bits per heavy atom. The van der Waals surface area contributed by atoms with Crippen molar-refractivity contribution >= 4 is 17.5 Å². The maximum absolute atomic E-state index is 13.6. The third-order valence-electron chi connectivity index (χ3n) is 3.97. The van der Waals surface area contributed by atoms with Crippen LogP contribution >= 0.6 is 0 Å². The number of halogens is 2. The fourth-order valence-electron chi connectivity index (χ4n) is 2.59. The van der Waals surface area contributed by atoms with Crippen molar-refractivity contribution in [2.24, 2.45) is 0 Å². The van der Waals surface area contributed by atoms with Gasteiger partial charge in [0.15, 0.2) is 5.82 Å². The molecule has 1 unspecified atom stereocenters. The summed E-state index contributed by atoms with van der Waals surface area (Å²) < 4.78 is 33.1. The molecular weight excluding hydrogens is 344 g/mol. The zero-order chi connectivity index (χ0) is 18.7. The van der Waals surface area contributed by atoms with Crippen molar-refractivity contribution in [3.63, 3.8) is 0 Å². The molecule has 9 heteroatoms. The number of amides is 2. The number of hydrogen-bond acceptors (Lipinski definition) is 5. The summed E-state index contributed by atoms with van der Waals surface area (Å²) in [5, 5.41) is 2.28. The van der Waals surface area contributed by atoms with Crippen LogP contribution in [0.4, 0.5) is 25.1 Å². The molecule has 1 fully saturated rings. The summed E-state index contributed by atoms with van der Waals surface area (Å²) in [6.45, 7) is 0.698. The van der Waals surface area contributed by atoms with Gasteiger partial charge in [0.05, 0.1) is 18.9 Å². The van der Waals surface area contributed by atoms with Crippen LogP contribution < -0.4 is 15.0 Å². The standard InChI is InChI=1S/C17H19F2N5O2/c1-23(2)14-8-20-9-15(21-14)26-11-6-7-24(10-11)17(25)22-16-12(18)4-3-5-13(16)19/h3-5,8-9,11H,6-7,10H2,1-2H3,(H,22,25). The first-order valence-corrected chi connectivity index (χ1v) is 8.10. The van der Waals surface area contributed by atoms with Crippen molar-refractivity contribution in [2.75, 3.05) is 37.4 Å². The lowest BCUT2D eigenvalue weighted by molar-refractivity contribution is 0.189. The van der Waals surface area contributed by atoms with Gasteiger partial charge in [0.1, 0.15) is 23.4 Å². The lowest BCUT2D eigenvalue weighted by Crippen LogP contribution is -2.35. The van der Waals surface area contributed by atoms with E-state index in [1.807, 2.05) is 14.1 Å². The van der Waals surface area contributed by atoms with Gasteiger partial charge < -0.3 is 19.9 Å². The van der Waals surface area contributed by atoms with Crippen LogP contribution in [0.5, 0.6) is 5.88 Å². The van der Waals surface area contributed by atoms with E-state index in [0.29, 0.717) is 24.7 Å². The average molecular weight is 363 g/mol. The van der Waals surface area contributed by atoms with Crippen LogP contribution in [0.1, 0.15) is 6.42 Å². The Morgan fingerprint density at radius 2 is 2.04 bits per heavy atom. The fraction of sp³-hybridized carbons (Fsp3) is 0.353. The number of rotatable bonds is 4. The first-order valence-electron chi connectivity index (χ1n) is 8.10. The molecule has 26 heavy (non-hydrogen) atoms. The number of urea groups is 1. The quantitative estimate of drug-likeness (QED) is 0.904. The Balaban J connectivity index is 1.60. The molecule has 138 valence electrons. The summed E-state index contributed by atoms with van der Waals surface area (Å²) >= 11 is 0. The molecule has 0 saturated carbocycles. The van der Waals surface area contributed by atoms with Gasteiger partial charge in [0, 0.05) is 27.1 Å². The number of hydrogen-bond donors (Lipinski definition) is 1. The summed E-state index contributed by atoms with van der Waals surface area (Å²) in [5.74, 6) is -0.615. The normalized spacial score (nSPS) is 16.5. The smallest absolute Gasteiger partial charge is 0.322 e. The largest absolute Gasteiger partial charge is 0.471 e. The molecule has 1 aromatic carbocycles. The second-order valence-corrected chi connectivity index (χ2v) is 6.11. The molecule has 3 rings (SSSR count). The average Bonchev–Trinajstić information content (AvgIpc) is 3.07. The zero-order valence-electron chi connectivity index (χ0n) is 14.4. The third kappa shape index (κ3) is 3.98. The molecule has 0 radical (unpaired) electrons. The van der Waals surface area contributed by atoms with Crippen LogP contribution in [0.25, 0.3) is 0 Å². The van der Waals surface area contributed by atoms with Crippen molar-refractivity contribution in [1.29, 1.82) is 0 Å². The number of nitrogens with zero attached hydrogens (tertiary/aromatic N) is 4. The monoisotopic (exact) mass is 363 g/mol.